The molecule has 0 bridgehead atoms. The second-order valence-corrected chi connectivity index (χ2v) is 12.1. The van der Waals surface area contributed by atoms with Crippen LogP contribution in [0.4, 0.5) is 5.69 Å². The molecule has 2 amide bonds. The lowest BCUT2D eigenvalue weighted by Crippen LogP contribution is -2.49. The first kappa shape index (κ1) is 27.4. The van der Waals surface area contributed by atoms with Crippen molar-refractivity contribution >= 4 is 17.5 Å². The molecule has 0 aromatic heterocycles. The molecule has 0 aliphatic carbocycles. The maximum Gasteiger partial charge on any atom is 0.258 e. The normalized spacial score (nSPS) is 16.9. The highest BCUT2D eigenvalue weighted by Crippen LogP contribution is 2.28. The van der Waals surface area contributed by atoms with Crippen LogP contribution in [0.2, 0.25) is 0 Å². The molecular formula is C32H45N3O2. The molecule has 0 saturated carbocycles. The second kappa shape index (κ2) is 12.3. The van der Waals surface area contributed by atoms with Gasteiger partial charge in [0.05, 0.1) is 0 Å². The topological polar surface area (TPSA) is 43.9 Å². The van der Waals surface area contributed by atoms with Crippen LogP contribution in [0.5, 0.6) is 0 Å². The van der Waals surface area contributed by atoms with Gasteiger partial charge in [-0.15, -0.1) is 0 Å². The summed E-state index contributed by atoms with van der Waals surface area (Å²) < 4.78 is 0. The number of hydrogen-bond acceptors (Lipinski definition) is 3. The summed E-state index contributed by atoms with van der Waals surface area (Å²) in [7, 11) is 0. The first-order valence-electron chi connectivity index (χ1n) is 14.2. The van der Waals surface area contributed by atoms with Crippen LogP contribution in [0.25, 0.3) is 0 Å². The van der Waals surface area contributed by atoms with Gasteiger partial charge in [0.25, 0.3) is 5.91 Å². The second-order valence-electron chi connectivity index (χ2n) is 12.1. The van der Waals surface area contributed by atoms with Gasteiger partial charge in [0.15, 0.2) is 0 Å². The number of amides is 2. The minimum atomic E-state index is 0.0841. The molecule has 0 radical (unpaired) electrons. The fourth-order valence-electron chi connectivity index (χ4n) is 5.47. The lowest BCUT2D eigenvalue weighted by molar-refractivity contribution is -0.133. The Kier molecular flexibility index (Phi) is 9.07. The third kappa shape index (κ3) is 7.44. The molecular weight excluding hydrogens is 458 g/mol. The van der Waals surface area contributed by atoms with Crippen LogP contribution < -0.4 is 4.90 Å². The molecule has 2 aliphatic rings. The van der Waals surface area contributed by atoms with Crippen LogP contribution in [0.3, 0.4) is 0 Å². The molecule has 37 heavy (non-hydrogen) atoms. The van der Waals surface area contributed by atoms with Gasteiger partial charge in [0.2, 0.25) is 5.91 Å². The Balaban J connectivity index is 1.27. The number of benzene rings is 2. The third-order valence-electron chi connectivity index (χ3n) is 7.93. The quantitative estimate of drug-likeness (QED) is 0.474. The van der Waals surface area contributed by atoms with E-state index in [4.69, 9.17) is 0 Å². The van der Waals surface area contributed by atoms with Gasteiger partial charge < -0.3 is 9.80 Å². The highest BCUT2D eigenvalue weighted by atomic mass is 16.2. The predicted molar refractivity (Wildman–Crippen MR) is 152 cm³/mol. The summed E-state index contributed by atoms with van der Waals surface area (Å²) in [4.78, 5) is 32.7. The summed E-state index contributed by atoms with van der Waals surface area (Å²) in [5, 5.41) is 0. The molecule has 2 aromatic carbocycles. The Labute approximate surface area is 223 Å². The average molecular weight is 504 g/mol. The van der Waals surface area contributed by atoms with Gasteiger partial charge in [-0.2, -0.15) is 0 Å². The van der Waals surface area contributed by atoms with E-state index in [1.807, 2.05) is 28.0 Å². The summed E-state index contributed by atoms with van der Waals surface area (Å²) in [5.41, 5.74) is 5.78. The van der Waals surface area contributed by atoms with Crippen molar-refractivity contribution in [2.24, 2.45) is 5.41 Å². The maximum absolute atomic E-state index is 13.4. The van der Waals surface area contributed by atoms with Gasteiger partial charge in [-0.05, 0) is 92.3 Å². The van der Waals surface area contributed by atoms with Crippen molar-refractivity contribution < 1.29 is 9.59 Å². The fraction of sp³-hybridized carbons (Fsp3) is 0.562. The standard InChI is InChI=1S/C32H45N3O2/c1-25-24-28(31(37)35-18-8-7-11-27-10-5-6-13-29(27)35)16-15-26(25)12-9-14-30(36)34-22-20-33(21-23-34)19-17-32(2,3)4/h5-6,10,13,15-16,24H,7-9,11-12,14,17-23H2,1-4H3. The van der Waals surface area contributed by atoms with Gasteiger partial charge in [-0.25, -0.2) is 0 Å². The lowest BCUT2D eigenvalue weighted by atomic mass is 9.92. The van der Waals surface area contributed by atoms with Gasteiger partial charge >= 0.3 is 0 Å². The van der Waals surface area contributed by atoms with E-state index in [0.717, 1.165) is 88.2 Å². The van der Waals surface area contributed by atoms with E-state index in [0.29, 0.717) is 11.8 Å². The number of hydrogen-bond donors (Lipinski definition) is 0. The first-order chi connectivity index (χ1) is 17.7. The molecule has 5 heteroatoms. The first-order valence-corrected chi connectivity index (χ1v) is 14.2. The van der Waals surface area contributed by atoms with E-state index < -0.39 is 0 Å². The number of rotatable bonds is 7. The number of anilines is 1. The van der Waals surface area contributed by atoms with Crippen LogP contribution in [0.15, 0.2) is 42.5 Å². The van der Waals surface area contributed by atoms with Crippen molar-refractivity contribution in [2.75, 3.05) is 44.2 Å². The van der Waals surface area contributed by atoms with E-state index in [-0.39, 0.29) is 11.8 Å². The van der Waals surface area contributed by atoms with Crippen LogP contribution in [-0.2, 0) is 17.6 Å². The van der Waals surface area contributed by atoms with Crippen molar-refractivity contribution in [2.45, 2.75) is 72.6 Å². The van der Waals surface area contributed by atoms with Gasteiger partial charge in [-0.3, -0.25) is 14.5 Å². The Morgan fingerprint density at radius 2 is 1.68 bits per heavy atom. The zero-order valence-corrected chi connectivity index (χ0v) is 23.4. The van der Waals surface area contributed by atoms with Crippen LogP contribution in [-0.4, -0.2) is 60.9 Å². The number of aryl methyl sites for hydroxylation is 3. The zero-order valence-electron chi connectivity index (χ0n) is 23.4. The summed E-state index contributed by atoms with van der Waals surface area (Å²) in [6.07, 6.45) is 6.66. The summed E-state index contributed by atoms with van der Waals surface area (Å²) >= 11 is 0. The molecule has 1 saturated heterocycles. The largest absolute Gasteiger partial charge is 0.340 e. The van der Waals surface area contributed by atoms with Crippen molar-refractivity contribution in [3.8, 4) is 0 Å². The fourth-order valence-corrected chi connectivity index (χ4v) is 5.47. The molecule has 2 heterocycles. The van der Waals surface area contributed by atoms with Crippen molar-refractivity contribution in [3.63, 3.8) is 0 Å². The highest BCUT2D eigenvalue weighted by Gasteiger charge is 2.24. The smallest absolute Gasteiger partial charge is 0.258 e. The highest BCUT2D eigenvalue weighted by molar-refractivity contribution is 6.06. The van der Waals surface area contributed by atoms with Crippen LogP contribution >= 0.6 is 0 Å². The molecule has 2 aliphatic heterocycles. The molecule has 0 unspecified atom stereocenters. The molecule has 0 N–H and O–H groups in total. The maximum atomic E-state index is 13.4. The molecule has 0 atom stereocenters. The van der Waals surface area contributed by atoms with E-state index in [9.17, 15) is 9.59 Å². The number of para-hydroxylation sites is 1. The minimum Gasteiger partial charge on any atom is -0.340 e. The van der Waals surface area contributed by atoms with Crippen LogP contribution in [0, 0.1) is 12.3 Å². The average Bonchev–Trinajstić information content (AvgIpc) is 3.10. The summed E-state index contributed by atoms with van der Waals surface area (Å²) in [5.74, 6) is 0.362. The minimum absolute atomic E-state index is 0.0841. The molecule has 200 valence electrons. The van der Waals surface area contributed by atoms with E-state index in [1.165, 1.54) is 17.5 Å². The Morgan fingerprint density at radius 1 is 0.919 bits per heavy atom. The van der Waals surface area contributed by atoms with Crippen molar-refractivity contribution in [3.05, 3.63) is 64.7 Å². The lowest BCUT2D eigenvalue weighted by Gasteiger charge is -2.36. The van der Waals surface area contributed by atoms with Crippen molar-refractivity contribution in [1.29, 1.82) is 0 Å². The van der Waals surface area contributed by atoms with E-state index >= 15 is 0 Å². The number of piperazine rings is 1. The van der Waals surface area contributed by atoms with E-state index in [1.54, 1.807) is 0 Å². The third-order valence-corrected chi connectivity index (χ3v) is 7.93. The van der Waals surface area contributed by atoms with Crippen LogP contribution in [0.1, 0.15) is 79.9 Å². The summed E-state index contributed by atoms with van der Waals surface area (Å²) in [6, 6.07) is 14.4. The zero-order chi connectivity index (χ0) is 26.4. The Morgan fingerprint density at radius 3 is 2.41 bits per heavy atom. The van der Waals surface area contributed by atoms with Gasteiger partial charge in [0, 0.05) is 50.4 Å². The number of carbonyl (C=O) groups excluding carboxylic acids is 2. The van der Waals surface area contributed by atoms with E-state index in [2.05, 4.69) is 56.9 Å². The number of carbonyl (C=O) groups is 2. The van der Waals surface area contributed by atoms with Gasteiger partial charge in [0.1, 0.15) is 0 Å². The Bertz CT molecular complexity index is 1080. The molecule has 0 spiro atoms. The van der Waals surface area contributed by atoms with Crippen molar-refractivity contribution in [1.82, 2.24) is 9.80 Å². The number of nitrogens with zero attached hydrogens (tertiary/aromatic N) is 3. The molecule has 4 rings (SSSR count). The molecule has 5 nitrogen and oxygen atoms in total. The SMILES string of the molecule is Cc1cc(C(=O)N2CCCCc3ccccc32)ccc1CCCC(=O)N1CCN(CCC(C)(C)C)CC1. The van der Waals surface area contributed by atoms with Gasteiger partial charge in [-0.1, -0.05) is 45.0 Å². The Hall–Kier alpha value is -2.66. The molecule has 2 aromatic rings. The monoisotopic (exact) mass is 503 g/mol. The number of fused-ring (bicyclic) bond motifs is 1. The summed E-state index contributed by atoms with van der Waals surface area (Å²) in [6.45, 7) is 14.5. The predicted octanol–water partition coefficient (Wildman–Crippen LogP) is 5.88. The molecule has 1 fully saturated rings.